The van der Waals surface area contributed by atoms with E-state index >= 15 is 0 Å². The zero-order valence-electron chi connectivity index (χ0n) is 8.13. The molecule has 0 bridgehead atoms. The Bertz CT molecular complexity index is 254. The number of rotatable bonds is 3. The largest absolute Gasteiger partial charge is 0.570 e. The van der Waals surface area contributed by atoms with Crippen LogP contribution in [0.5, 0.6) is 0 Å². The monoisotopic (exact) mass is 197 g/mol. The van der Waals surface area contributed by atoms with E-state index in [0.717, 1.165) is 25.7 Å². The van der Waals surface area contributed by atoms with Crippen LogP contribution in [0.25, 0.3) is 0 Å². The van der Waals surface area contributed by atoms with Gasteiger partial charge in [-0.25, -0.2) is 4.84 Å². The molecule has 2 rings (SSSR count). The molecule has 0 radical (unpaired) electrons. The minimum absolute atomic E-state index is 0.131. The maximum atomic E-state index is 11.4. The molecule has 0 N–H and O–H groups in total. The zero-order valence-corrected chi connectivity index (χ0v) is 8.13. The fourth-order valence-corrected chi connectivity index (χ4v) is 2.06. The van der Waals surface area contributed by atoms with Gasteiger partial charge in [-0.15, -0.1) is 6.58 Å². The second kappa shape index (κ2) is 3.96. The summed E-state index contributed by atoms with van der Waals surface area (Å²) in [6.07, 6.45) is 5.93. The van der Waals surface area contributed by atoms with E-state index in [-0.39, 0.29) is 12.1 Å². The molecule has 1 fully saturated rings. The van der Waals surface area contributed by atoms with Crippen LogP contribution in [-0.4, -0.2) is 28.8 Å². The van der Waals surface area contributed by atoms with E-state index in [2.05, 4.69) is 11.7 Å². The van der Waals surface area contributed by atoms with Gasteiger partial charge in [0.1, 0.15) is 12.1 Å². The molecule has 2 atom stereocenters. The van der Waals surface area contributed by atoms with Crippen molar-refractivity contribution in [1.82, 2.24) is 5.17 Å². The molecule has 0 saturated heterocycles. The molecule has 5 heteroatoms. The lowest BCUT2D eigenvalue weighted by Crippen LogP contribution is -2.41. The van der Waals surface area contributed by atoms with Crippen LogP contribution in [0.3, 0.4) is 0 Å². The van der Waals surface area contributed by atoms with Crippen molar-refractivity contribution in [2.75, 3.05) is 6.61 Å². The molecule has 0 aromatic rings. The fraction of sp³-hybridized carbons (Fsp3) is 0.778. The second-order valence-corrected chi connectivity index (χ2v) is 3.67. The van der Waals surface area contributed by atoms with Crippen LogP contribution in [-0.2, 0) is 4.84 Å². The van der Waals surface area contributed by atoms with Gasteiger partial charge >= 0.3 is 0 Å². The van der Waals surface area contributed by atoms with Crippen molar-refractivity contribution in [2.45, 2.75) is 37.8 Å². The number of fused-ring (bicyclic) bond motifs is 1. The van der Waals surface area contributed by atoms with Crippen LogP contribution >= 0.6 is 0 Å². The van der Waals surface area contributed by atoms with Gasteiger partial charge in [0.15, 0.2) is 0 Å². The van der Waals surface area contributed by atoms with E-state index in [1.54, 1.807) is 6.08 Å². The Morgan fingerprint density at radius 1 is 1.57 bits per heavy atom. The average molecular weight is 197 g/mol. The van der Waals surface area contributed by atoms with Gasteiger partial charge in [-0.3, -0.25) is 0 Å². The minimum atomic E-state index is 0.131. The summed E-state index contributed by atoms with van der Waals surface area (Å²) in [5.41, 5.74) is 0. The summed E-state index contributed by atoms with van der Waals surface area (Å²) in [5.74, 6) is 0. The van der Waals surface area contributed by atoms with Gasteiger partial charge in [-0.05, 0) is 18.0 Å². The van der Waals surface area contributed by atoms with Crippen LogP contribution in [0.15, 0.2) is 17.8 Å². The van der Waals surface area contributed by atoms with E-state index in [0.29, 0.717) is 11.6 Å². The number of nitrogens with zero attached hydrogens (tertiary/aromatic N) is 3. The highest BCUT2D eigenvalue weighted by Gasteiger charge is 2.43. The predicted octanol–water partition coefficient (Wildman–Crippen LogP) is 1.61. The molecule has 0 aromatic heterocycles. The third-order valence-corrected chi connectivity index (χ3v) is 2.72. The normalized spacial score (nSPS) is 31.1. The van der Waals surface area contributed by atoms with Crippen molar-refractivity contribution in [3.8, 4) is 0 Å². The molecule has 0 aromatic carbocycles. The second-order valence-electron chi connectivity index (χ2n) is 3.67. The van der Waals surface area contributed by atoms with Crippen LogP contribution in [0.1, 0.15) is 25.7 Å². The van der Waals surface area contributed by atoms with E-state index < -0.39 is 0 Å². The molecule has 14 heavy (non-hydrogen) atoms. The van der Waals surface area contributed by atoms with E-state index in [4.69, 9.17) is 4.84 Å². The first kappa shape index (κ1) is 9.45. The van der Waals surface area contributed by atoms with Crippen molar-refractivity contribution in [1.29, 1.82) is 0 Å². The molecule has 0 spiro atoms. The molecule has 2 unspecified atom stereocenters. The predicted molar refractivity (Wildman–Crippen MR) is 50.1 cm³/mol. The highest BCUT2D eigenvalue weighted by Crippen LogP contribution is 2.30. The first-order valence-electron chi connectivity index (χ1n) is 5.04. The number of hydrogen-bond acceptors (Lipinski definition) is 4. The Labute approximate surface area is 83.2 Å². The van der Waals surface area contributed by atoms with Crippen LogP contribution in [0.4, 0.5) is 0 Å². The summed E-state index contributed by atoms with van der Waals surface area (Å²) in [6, 6.07) is 0.271. The Hall–Kier alpha value is -1.10. The summed E-state index contributed by atoms with van der Waals surface area (Å²) >= 11 is 0. The molecule has 5 nitrogen and oxygen atoms in total. The molecular weight excluding hydrogens is 182 g/mol. The molecule has 78 valence electrons. The smallest absolute Gasteiger partial charge is 0.147 e. The number of hydroxylamine groups is 1. The molecule has 1 heterocycles. The molecular formula is C9H15N3O2. The maximum absolute atomic E-state index is 11.4. The van der Waals surface area contributed by atoms with Crippen molar-refractivity contribution in [2.24, 2.45) is 5.11 Å². The van der Waals surface area contributed by atoms with Gasteiger partial charge < -0.3 is 5.21 Å². The summed E-state index contributed by atoms with van der Waals surface area (Å²) in [7, 11) is 0. The van der Waals surface area contributed by atoms with Gasteiger partial charge in [0.25, 0.3) is 0 Å². The van der Waals surface area contributed by atoms with E-state index in [1.165, 1.54) is 5.17 Å². The minimum Gasteiger partial charge on any atom is -0.570 e. The van der Waals surface area contributed by atoms with Gasteiger partial charge in [0, 0.05) is 5.11 Å². The Balaban J connectivity index is 2.01. The number of hydrogen-bond donors (Lipinski definition) is 0. The van der Waals surface area contributed by atoms with Crippen molar-refractivity contribution >= 4 is 0 Å². The third-order valence-electron chi connectivity index (χ3n) is 2.72. The van der Waals surface area contributed by atoms with Gasteiger partial charge in [0.05, 0.1) is 11.6 Å². The molecule has 1 aliphatic heterocycles. The Morgan fingerprint density at radius 3 is 3.14 bits per heavy atom. The van der Waals surface area contributed by atoms with Crippen LogP contribution in [0.2, 0.25) is 0 Å². The highest BCUT2D eigenvalue weighted by molar-refractivity contribution is 4.84. The summed E-state index contributed by atoms with van der Waals surface area (Å²) in [5, 5.41) is 16.7. The summed E-state index contributed by atoms with van der Waals surface area (Å²) in [4.78, 5) is 5.86. The van der Waals surface area contributed by atoms with Crippen molar-refractivity contribution < 1.29 is 9.81 Å². The molecule has 0 amide bonds. The van der Waals surface area contributed by atoms with Crippen molar-refractivity contribution in [3.63, 3.8) is 0 Å². The van der Waals surface area contributed by atoms with E-state index in [9.17, 15) is 5.21 Å². The van der Waals surface area contributed by atoms with E-state index in [1.807, 2.05) is 0 Å². The topological polar surface area (TPSA) is 50.9 Å². The van der Waals surface area contributed by atoms with Crippen molar-refractivity contribution in [3.05, 3.63) is 17.9 Å². The Kier molecular flexibility index (Phi) is 2.67. The quantitative estimate of drug-likeness (QED) is 0.392. The lowest BCUT2D eigenvalue weighted by Gasteiger charge is -2.24. The lowest BCUT2D eigenvalue weighted by atomic mass is 9.92. The molecule has 2 aliphatic rings. The first-order chi connectivity index (χ1) is 6.83. The van der Waals surface area contributed by atoms with Gasteiger partial charge in [0.2, 0.25) is 0 Å². The summed E-state index contributed by atoms with van der Waals surface area (Å²) < 4.78 is 0. The van der Waals surface area contributed by atoms with Gasteiger partial charge in [-0.1, -0.05) is 18.9 Å². The average Bonchev–Trinajstić information content (AvgIpc) is 2.51. The first-order valence-corrected chi connectivity index (χ1v) is 5.04. The SMILES string of the molecule is C=CCON1C2CCCCC2N=[N+]1[O-]. The number of hydrazine groups is 1. The highest BCUT2D eigenvalue weighted by atomic mass is 16.8. The molecule has 1 aliphatic carbocycles. The third kappa shape index (κ3) is 1.59. The van der Waals surface area contributed by atoms with Crippen LogP contribution < -0.4 is 0 Å². The fourth-order valence-electron chi connectivity index (χ4n) is 2.06. The lowest BCUT2D eigenvalue weighted by molar-refractivity contribution is -0.754. The van der Waals surface area contributed by atoms with Gasteiger partial charge in [-0.2, -0.15) is 0 Å². The Morgan fingerprint density at radius 2 is 2.36 bits per heavy atom. The maximum Gasteiger partial charge on any atom is 0.147 e. The molecule has 1 saturated carbocycles. The zero-order chi connectivity index (χ0) is 9.97. The summed E-state index contributed by atoms with van der Waals surface area (Å²) in [6.45, 7) is 3.91. The van der Waals surface area contributed by atoms with Crippen LogP contribution in [0, 0.1) is 5.21 Å². The standard InChI is InChI=1S/C9H15N3O2/c1-2-7-14-11-9-6-4-3-5-8(9)10-12(11)13/h2,8-9H,1,3-7H2.